The van der Waals surface area contributed by atoms with E-state index in [1.54, 1.807) is 27.7 Å². The summed E-state index contributed by atoms with van der Waals surface area (Å²) in [4.78, 5) is 0. The predicted octanol–water partition coefficient (Wildman–Crippen LogP) is 2.11. The van der Waals surface area contributed by atoms with E-state index in [-0.39, 0.29) is 0 Å². The largest absolute Gasteiger partial charge is 0.499 e. The maximum atomic E-state index is 10.9. The van der Waals surface area contributed by atoms with Crippen molar-refractivity contribution in [2.75, 3.05) is 0 Å². The van der Waals surface area contributed by atoms with E-state index in [9.17, 15) is 8.42 Å². The number of rotatable bonds is 4. The fourth-order valence-corrected chi connectivity index (χ4v) is 0.999. The van der Waals surface area contributed by atoms with Gasteiger partial charge in [0.1, 0.15) is 12.5 Å². The second-order valence-corrected chi connectivity index (χ2v) is 4.19. The van der Waals surface area contributed by atoms with E-state index in [0.29, 0.717) is 0 Å². The summed E-state index contributed by atoms with van der Waals surface area (Å²) in [5.41, 5.74) is 1.48. The molecule has 0 fully saturated rings. The van der Waals surface area contributed by atoms with Gasteiger partial charge < -0.3 is 8.37 Å². The maximum Gasteiger partial charge on any atom is 0.499 e. The van der Waals surface area contributed by atoms with Crippen LogP contribution in [-0.2, 0) is 18.8 Å². The monoisotopic (exact) mass is 206 g/mol. The molecule has 0 saturated carbocycles. The zero-order valence-electron chi connectivity index (χ0n) is 8.20. The Morgan fingerprint density at radius 1 is 0.923 bits per heavy atom. The van der Waals surface area contributed by atoms with E-state index in [4.69, 9.17) is 0 Å². The summed E-state index contributed by atoms with van der Waals surface area (Å²) >= 11 is 0. The first-order chi connectivity index (χ1) is 5.83. The Bertz CT molecular complexity index is 277. The lowest BCUT2D eigenvalue weighted by Gasteiger charge is -2.01. The minimum absolute atomic E-state index is 0.740. The Labute approximate surface area is 79.2 Å². The Kier molecular flexibility index (Phi) is 4.55. The molecular formula is C8H14O4S. The van der Waals surface area contributed by atoms with E-state index in [2.05, 4.69) is 8.37 Å². The smallest absolute Gasteiger partial charge is 0.361 e. The van der Waals surface area contributed by atoms with Gasteiger partial charge in [0.15, 0.2) is 0 Å². The SMILES string of the molecule is CC(C)=COS(=O)(=O)OC=C(C)C. The van der Waals surface area contributed by atoms with Crippen LogP contribution in [0.2, 0.25) is 0 Å². The fourth-order valence-electron chi connectivity index (χ4n) is 0.333. The average molecular weight is 206 g/mol. The van der Waals surface area contributed by atoms with E-state index < -0.39 is 10.4 Å². The lowest BCUT2D eigenvalue weighted by molar-refractivity contribution is 0.332. The molecule has 0 aromatic rings. The number of hydrogen-bond acceptors (Lipinski definition) is 4. The normalized spacial score (nSPS) is 10.2. The van der Waals surface area contributed by atoms with Gasteiger partial charge in [0.05, 0.1) is 0 Å². The first-order valence-corrected chi connectivity index (χ1v) is 5.05. The van der Waals surface area contributed by atoms with Crippen molar-refractivity contribution in [1.82, 2.24) is 0 Å². The summed E-state index contributed by atoms with van der Waals surface area (Å²) in [6.07, 6.45) is 2.24. The lowest BCUT2D eigenvalue weighted by atomic mass is 10.4. The van der Waals surface area contributed by atoms with Gasteiger partial charge in [-0.05, 0) is 38.8 Å². The number of hydrogen-bond donors (Lipinski definition) is 0. The van der Waals surface area contributed by atoms with Crippen LogP contribution in [0, 0.1) is 0 Å². The minimum Gasteiger partial charge on any atom is -0.361 e. The van der Waals surface area contributed by atoms with E-state index >= 15 is 0 Å². The molecule has 0 unspecified atom stereocenters. The highest BCUT2D eigenvalue weighted by Crippen LogP contribution is 2.02. The standard InChI is InChI=1S/C8H14O4S/c1-7(2)5-11-13(9,10)12-6-8(3)4/h5-6H,1-4H3. The van der Waals surface area contributed by atoms with E-state index in [0.717, 1.165) is 23.7 Å². The van der Waals surface area contributed by atoms with Gasteiger partial charge in [0.25, 0.3) is 0 Å². The second-order valence-electron chi connectivity index (χ2n) is 2.99. The molecule has 0 spiro atoms. The summed E-state index contributed by atoms with van der Waals surface area (Å²) in [6.45, 7) is 6.87. The molecule has 0 aliphatic heterocycles. The molecule has 4 nitrogen and oxygen atoms in total. The molecule has 13 heavy (non-hydrogen) atoms. The summed E-state index contributed by atoms with van der Waals surface area (Å²) in [7, 11) is -3.92. The van der Waals surface area contributed by atoms with Gasteiger partial charge >= 0.3 is 10.4 Å². The molecule has 5 heteroatoms. The van der Waals surface area contributed by atoms with Crippen molar-refractivity contribution < 1.29 is 16.8 Å². The Morgan fingerprint density at radius 2 is 1.23 bits per heavy atom. The van der Waals surface area contributed by atoms with Crippen molar-refractivity contribution in [2.24, 2.45) is 0 Å². The van der Waals surface area contributed by atoms with Gasteiger partial charge in [-0.15, -0.1) is 8.42 Å². The molecule has 0 amide bonds. The van der Waals surface area contributed by atoms with Gasteiger partial charge in [-0.2, -0.15) is 0 Å². The van der Waals surface area contributed by atoms with Crippen molar-refractivity contribution in [1.29, 1.82) is 0 Å². The highest BCUT2D eigenvalue weighted by molar-refractivity contribution is 7.82. The van der Waals surface area contributed by atoms with Crippen LogP contribution in [0.15, 0.2) is 23.7 Å². The lowest BCUT2D eigenvalue weighted by Crippen LogP contribution is -2.02. The minimum atomic E-state index is -3.92. The third-order valence-electron chi connectivity index (χ3n) is 0.803. The molecule has 0 saturated heterocycles. The van der Waals surface area contributed by atoms with Crippen LogP contribution in [0.5, 0.6) is 0 Å². The average Bonchev–Trinajstić information content (AvgIpc) is 1.98. The zero-order chi connectivity index (χ0) is 10.5. The van der Waals surface area contributed by atoms with Crippen molar-refractivity contribution in [3.63, 3.8) is 0 Å². The Balaban J connectivity index is 4.27. The summed E-state index contributed by atoms with van der Waals surface area (Å²) < 4.78 is 30.6. The zero-order valence-corrected chi connectivity index (χ0v) is 9.01. The van der Waals surface area contributed by atoms with Crippen molar-refractivity contribution in [2.45, 2.75) is 27.7 Å². The van der Waals surface area contributed by atoms with Crippen molar-refractivity contribution in [3.8, 4) is 0 Å². The topological polar surface area (TPSA) is 52.6 Å². The van der Waals surface area contributed by atoms with Gasteiger partial charge in [-0.25, -0.2) is 0 Å². The molecular weight excluding hydrogens is 192 g/mol. The van der Waals surface area contributed by atoms with Crippen molar-refractivity contribution >= 4 is 10.4 Å². The molecule has 76 valence electrons. The highest BCUT2D eigenvalue weighted by Gasteiger charge is 2.08. The molecule has 0 aromatic heterocycles. The van der Waals surface area contributed by atoms with Crippen LogP contribution in [0.1, 0.15) is 27.7 Å². The molecule has 0 rings (SSSR count). The molecule has 0 aliphatic carbocycles. The Hall–Kier alpha value is -0.970. The van der Waals surface area contributed by atoms with Crippen molar-refractivity contribution in [3.05, 3.63) is 23.7 Å². The second kappa shape index (κ2) is 4.91. The van der Waals surface area contributed by atoms with Crippen LogP contribution >= 0.6 is 0 Å². The summed E-state index contributed by atoms with van der Waals surface area (Å²) in [5.74, 6) is 0. The Morgan fingerprint density at radius 3 is 1.46 bits per heavy atom. The van der Waals surface area contributed by atoms with Gasteiger partial charge in [0, 0.05) is 0 Å². The van der Waals surface area contributed by atoms with Crippen LogP contribution in [0.4, 0.5) is 0 Å². The molecule has 0 N–H and O–H groups in total. The van der Waals surface area contributed by atoms with Crippen LogP contribution in [-0.4, -0.2) is 8.42 Å². The van der Waals surface area contributed by atoms with Gasteiger partial charge in [-0.1, -0.05) is 0 Å². The maximum absolute atomic E-state index is 10.9. The first kappa shape index (κ1) is 12.0. The van der Waals surface area contributed by atoms with Gasteiger partial charge in [0.2, 0.25) is 0 Å². The number of allylic oxidation sites excluding steroid dienone is 2. The third-order valence-corrected chi connectivity index (χ3v) is 1.47. The van der Waals surface area contributed by atoms with Gasteiger partial charge in [-0.3, -0.25) is 0 Å². The highest BCUT2D eigenvalue weighted by atomic mass is 32.3. The third kappa shape index (κ3) is 7.39. The molecule has 0 atom stereocenters. The van der Waals surface area contributed by atoms with Crippen LogP contribution < -0.4 is 0 Å². The van der Waals surface area contributed by atoms with Crippen LogP contribution in [0.25, 0.3) is 0 Å². The quantitative estimate of drug-likeness (QED) is 0.661. The van der Waals surface area contributed by atoms with E-state index in [1.165, 1.54) is 0 Å². The predicted molar refractivity (Wildman–Crippen MR) is 50.0 cm³/mol. The molecule has 0 radical (unpaired) electrons. The van der Waals surface area contributed by atoms with Crippen LogP contribution in [0.3, 0.4) is 0 Å². The molecule has 0 aromatic carbocycles. The fraction of sp³-hybridized carbons (Fsp3) is 0.500. The summed E-state index contributed by atoms with van der Waals surface area (Å²) in [5, 5.41) is 0. The molecule has 0 aliphatic rings. The summed E-state index contributed by atoms with van der Waals surface area (Å²) in [6, 6.07) is 0. The first-order valence-electron chi connectivity index (χ1n) is 3.72. The molecule has 0 bridgehead atoms. The van der Waals surface area contributed by atoms with E-state index in [1.807, 2.05) is 0 Å². The molecule has 0 heterocycles.